The quantitative estimate of drug-likeness (QED) is 0.594. The number of nitrogens with two attached hydrogens (primary N) is 1. The Morgan fingerprint density at radius 2 is 2.28 bits per heavy atom. The summed E-state index contributed by atoms with van der Waals surface area (Å²) in [5, 5.41) is 2.83. The van der Waals surface area contributed by atoms with Gasteiger partial charge in [-0.15, -0.1) is 11.3 Å². The summed E-state index contributed by atoms with van der Waals surface area (Å²) in [4.78, 5) is 16.9. The zero-order valence-electron chi connectivity index (χ0n) is 9.31. The van der Waals surface area contributed by atoms with Crippen LogP contribution in [0.25, 0.3) is 0 Å². The van der Waals surface area contributed by atoms with Gasteiger partial charge in [-0.1, -0.05) is 0 Å². The molecule has 2 heterocycles. The van der Waals surface area contributed by atoms with E-state index in [1.54, 1.807) is 23.5 Å². The number of pyridine rings is 1. The van der Waals surface area contributed by atoms with Gasteiger partial charge in [0.05, 0.1) is 10.3 Å². The summed E-state index contributed by atoms with van der Waals surface area (Å²) in [6.07, 6.45) is 1.53. The first-order chi connectivity index (χ1) is 8.69. The number of carbonyl (C=O) groups is 1. The highest BCUT2D eigenvalue weighted by atomic mass is 79.9. The number of rotatable bonds is 4. The Morgan fingerprint density at radius 3 is 2.94 bits per heavy atom. The van der Waals surface area contributed by atoms with Crippen molar-refractivity contribution in [3.8, 4) is 0 Å². The highest BCUT2D eigenvalue weighted by Gasteiger charge is 2.07. The van der Waals surface area contributed by atoms with Crippen LogP contribution >= 0.6 is 27.3 Å². The third kappa shape index (κ3) is 3.28. The summed E-state index contributed by atoms with van der Waals surface area (Å²) in [7, 11) is 0. The van der Waals surface area contributed by atoms with E-state index in [1.807, 2.05) is 12.1 Å². The molecule has 0 radical (unpaired) electrons. The Hall–Kier alpha value is -1.44. The van der Waals surface area contributed by atoms with E-state index in [9.17, 15) is 4.79 Å². The molecular formula is C11H11BrN4OS. The van der Waals surface area contributed by atoms with Gasteiger partial charge in [0.15, 0.2) is 0 Å². The smallest absolute Gasteiger partial charge is 0.251 e. The van der Waals surface area contributed by atoms with Gasteiger partial charge in [0.25, 0.3) is 5.91 Å². The molecule has 0 aliphatic heterocycles. The van der Waals surface area contributed by atoms with Gasteiger partial charge in [0, 0.05) is 16.6 Å². The molecule has 2 aromatic heterocycles. The lowest BCUT2D eigenvalue weighted by Gasteiger charge is -2.05. The third-order valence-electron chi connectivity index (χ3n) is 2.22. The Morgan fingerprint density at radius 1 is 1.44 bits per heavy atom. The largest absolute Gasteiger partial charge is 0.347 e. The molecule has 0 bridgehead atoms. The van der Waals surface area contributed by atoms with E-state index in [0.717, 1.165) is 8.66 Å². The van der Waals surface area contributed by atoms with Crippen molar-refractivity contribution in [2.75, 3.05) is 5.43 Å². The van der Waals surface area contributed by atoms with Crippen molar-refractivity contribution >= 4 is 39.0 Å². The average Bonchev–Trinajstić information content (AvgIpc) is 2.82. The van der Waals surface area contributed by atoms with E-state index < -0.39 is 0 Å². The summed E-state index contributed by atoms with van der Waals surface area (Å²) >= 11 is 4.97. The molecule has 4 N–H and O–H groups in total. The van der Waals surface area contributed by atoms with Crippen molar-refractivity contribution in [3.63, 3.8) is 0 Å². The summed E-state index contributed by atoms with van der Waals surface area (Å²) < 4.78 is 1.05. The summed E-state index contributed by atoms with van der Waals surface area (Å²) in [5.41, 5.74) is 2.93. The fourth-order valence-corrected chi connectivity index (χ4v) is 2.79. The number of nitrogen functional groups attached to an aromatic ring is 1. The van der Waals surface area contributed by atoms with Gasteiger partial charge in [-0.25, -0.2) is 10.8 Å². The van der Waals surface area contributed by atoms with Gasteiger partial charge in [-0.3, -0.25) is 4.79 Å². The van der Waals surface area contributed by atoms with Crippen LogP contribution in [0.3, 0.4) is 0 Å². The van der Waals surface area contributed by atoms with Crippen molar-refractivity contribution in [2.45, 2.75) is 6.54 Å². The highest BCUT2D eigenvalue weighted by Crippen LogP contribution is 2.21. The number of nitrogens with zero attached hydrogens (tertiary/aromatic N) is 1. The topological polar surface area (TPSA) is 80.0 Å². The molecule has 18 heavy (non-hydrogen) atoms. The molecule has 0 aliphatic carbocycles. The number of nitrogens with one attached hydrogen (secondary N) is 2. The predicted octanol–water partition coefficient (Wildman–Crippen LogP) is 2.12. The monoisotopic (exact) mass is 326 g/mol. The second-order valence-corrected chi connectivity index (χ2v) is 6.01. The molecule has 0 aromatic carbocycles. The molecule has 94 valence electrons. The van der Waals surface area contributed by atoms with E-state index in [2.05, 4.69) is 31.7 Å². The Bertz CT molecular complexity index is 557. The molecule has 1 amide bonds. The minimum Gasteiger partial charge on any atom is -0.347 e. The number of thiophene rings is 1. The van der Waals surface area contributed by atoms with Crippen LogP contribution in [-0.4, -0.2) is 10.9 Å². The summed E-state index contributed by atoms with van der Waals surface area (Å²) in [6.45, 7) is 0.503. The van der Waals surface area contributed by atoms with Crippen LogP contribution in [0.4, 0.5) is 5.82 Å². The molecule has 0 fully saturated rings. The number of hydrogen-bond donors (Lipinski definition) is 3. The SMILES string of the molecule is NNc1cc(C(=O)NCc2ccc(Br)s2)ccn1. The van der Waals surface area contributed by atoms with E-state index >= 15 is 0 Å². The van der Waals surface area contributed by atoms with Crippen molar-refractivity contribution < 1.29 is 4.79 Å². The lowest BCUT2D eigenvalue weighted by atomic mass is 10.2. The number of anilines is 1. The normalized spacial score (nSPS) is 10.1. The van der Waals surface area contributed by atoms with E-state index in [-0.39, 0.29) is 5.91 Å². The zero-order chi connectivity index (χ0) is 13.0. The van der Waals surface area contributed by atoms with Crippen LogP contribution in [0.2, 0.25) is 0 Å². The van der Waals surface area contributed by atoms with Crippen LogP contribution < -0.4 is 16.6 Å². The molecular weight excluding hydrogens is 316 g/mol. The number of hydrazine groups is 1. The fourth-order valence-electron chi connectivity index (χ4n) is 1.37. The molecule has 5 nitrogen and oxygen atoms in total. The number of carbonyl (C=O) groups excluding carboxylic acids is 1. The first-order valence-corrected chi connectivity index (χ1v) is 6.75. The minimum absolute atomic E-state index is 0.154. The second-order valence-electron chi connectivity index (χ2n) is 3.46. The molecule has 0 unspecified atom stereocenters. The number of amides is 1. The fraction of sp³-hybridized carbons (Fsp3) is 0.0909. The van der Waals surface area contributed by atoms with Crippen molar-refractivity contribution in [1.29, 1.82) is 0 Å². The number of hydrogen-bond acceptors (Lipinski definition) is 5. The second kappa shape index (κ2) is 5.94. The Labute approximate surface area is 117 Å². The number of aromatic nitrogens is 1. The molecule has 0 saturated carbocycles. The van der Waals surface area contributed by atoms with Gasteiger partial charge < -0.3 is 10.7 Å². The Kier molecular flexibility index (Phi) is 4.29. The maximum absolute atomic E-state index is 11.9. The zero-order valence-corrected chi connectivity index (χ0v) is 11.7. The van der Waals surface area contributed by atoms with Crippen molar-refractivity contribution in [2.24, 2.45) is 5.84 Å². The Balaban J connectivity index is 1.99. The molecule has 7 heteroatoms. The van der Waals surface area contributed by atoms with E-state index in [0.29, 0.717) is 17.9 Å². The van der Waals surface area contributed by atoms with Gasteiger partial charge >= 0.3 is 0 Å². The first kappa shape index (κ1) is 13.0. The van der Waals surface area contributed by atoms with Crippen LogP contribution in [0.1, 0.15) is 15.2 Å². The molecule has 0 atom stereocenters. The summed E-state index contributed by atoms with van der Waals surface area (Å²) in [6, 6.07) is 7.16. The van der Waals surface area contributed by atoms with Crippen molar-refractivity contribution in [1.82, 2.24) is 10.3 Å². The van der Waals surface area contributed by atoms with E-state index in [4.69, 9.17) is 5.84 Å². The van der Waals surface area contributed by atoms with Crippen LogP contribution in [0.15, 0.2) is 34.2 Å². The van der Waals surface area contributed by atoms with Crippen LogP contribution in [0, 0.1) is 0 Å². The standard InChI is InChI=1S/C11H11BrN4OS/c12-9-2-1-8(18-9)6-15-11(17)7-3-4-14-10(5-7)16-13/h1-5H,6,13H2,(H,14,16)(H,15,17). The molecule has 0 spiro atoms. The summed E-state index contributed by atoms with van der Waals surface area (Å²) in [5.74, 6) is 5.54. The highest BCUT2D eigenvalue weighted by molar-refractivity contribution is 9.11. The third-order valence-corrected chi connectivity index (χ3v) is 3.85. The van der Waals surface area contributed by atoms with Gasteiger partial charge in [0.2, 0.25) is 0 Å². The van der Waals surface area contributed by atoms with Gasteiger partial charge in [-0.05, 0) is 40.2 Å². The van der Waals surface area contributed by atoms with Crippen LogP contribution in [0.5, 0.6) is 0 Å². The van der Waals surface area contributed by atoms with Gasteiger partial charge in [-0.2, -0.15) is 0 Å². The molecule has 0 saturated heterocycles. The van der Waals surface area contributed by atoms with E-state index in [1.165, 1.54) is 6.20 Å². The maximum Gasteiger partial charge on any atom is 0.251 e. The molecule has 2 rings (SSSR count). The predicted molar refractivity (Wildman–Crippen MR) is 75.2 cm³/mol. The first-order valence-electron chi connectivity index (χ1n) is 5.14. The molecule has 2 aromatic rings. The molecule has 0 aliphatic rings. The lowest BCUT2D eigenvalue weighted by molar-refractivity contribution is 0.0951. The van der Waals surface area contributed by atoms with Gasteiger partial charge in [0.1, 0.15) is 5.82 Å². The van der Waals surface area contributed by atoms with Crippen LogP contribution in [-0.2, 0) is 6.54 Å². The van der Waals surface area contributed by atoms with Crippen molar-refractivity contribution in [3.05, 3.63) is 44.7 Å². The maximum atomic E-state index is 11.9. The minimum atomic E-state index is -0.154. The average molecular weight is 327 g/mol. The number of halogens is 1. The lowest BCUT2D eigenvalue weighted by Crippen LogP contribution is -2.22.